The zero-order valence-electron chi connectivity index (χ0n) is 10.6. The standard InChI is InChI=1S/C14H9ClO3S.Li/c15-13-8-7-11-10-4-2-1-3-9(10)5-6-12(11)14(13)19(16,17)18;/h1-8H,(H,16,17,18);/q;+1/p-1. The fraction of sp³-hybridized carbons (Fsp3) is 0. The third-order valence-corrected chi connectivity index (χ3v) is 4.45. The molecule has 3 aromatic rings. The van der Waals surface area contributed by atoms with Gasteiger partial charge in [0.05, 0.1) is 9.92 Å². The molecule has 0 aliphatic heterocycles. The Morgan fingerprint density at radius 1 is 0.850 bits per heavy atom. The monoisotopic (exact) mass is 298 g/mol. The summed E-state index contributed by atoms with van der Waals surface area (Å²) in [7, 11) is -4.61. The van der Waals surface area contributed by atoms with Crippen LogP contribution in [0.1, 0.15) is 0 Å². The zero-order chi connectivity index (χ0) is 13.6. The Morgan fingerprint density at radius 2 is 1.50 bits per heavy atom. The second-order valence-electron chi connectivity index (χ2n) is 4.21. The van der Waals surface area contributed by atoms with Crippen LogP contribution in [0.3, 0.4) is 0 Å². The van der Waals surface area contributed by atoms with Crippen LogP contribution >= 0.6 is 11.6 Å². The fourth-order valence-corrected chi connectivity index (χ4v) is 3.49. The summed E-state index contributed by atoms with van der Waals surface area (Å²) in [6.45, 7) is 0. The van der Waals surface area contributed by atoms with E-state index in [4.69, 9.17) is 11.6 Å². The Labute approximate surface area is 133 Å². The van der Waals surface area contributed by atoms with Gasteiger partial charge in [-0.1, -0.05) is 54.1 Å². The van der Waals surface area contributed by atoms with Crippen LogP contribution in [0.2, 0.25) is 5.02 Å². The second-order valence-corrected chi connectivity index (χ2v) is 5.94. The molecule has 20 heavy (non-hydrogen) atoms. The molecular weight excluding hydrogens is 291 g/mol. The van der Waals surface area contributed by atoms with Gasteiger partial charge in [-0.05, 0) is 22.2 Å². The first-order valence-electron chi connectivity index (χ1n) is 5.54. The van der Waals surface area contributed by atoms with Crippen molar-refractivity contribution in [2.45, 2.75) is 4.90 Å². The molecule has 0 spiro atoms. The van der Waals surface area contributed by atoms with Gasteiger partial charge in [-0.2, -0.15) is 0 Å². The minimum Gasteiger partial charge on any atom is -0.744 e. The summed E-state index contributed by atoms with van der Waals surface area (Å²) in [6, 6.07) is 14.1. The number of rotatable bonds is 1. The number of fused-ring (bicyclic) bond motifs is 3. The molecule has 96 valence electrons. The molecule has 0 saturated heterocycles. The number of benzene rings is 3. The molecular formula is C14H8ClLiO3S. The van der Waals surface area contributed by atoms with Crippen molar-refractivity contribution in [2.75, 3.05) is 0 Å². The van der Waals surface area contributed by atoms with Crippen LogP contribution in [0.4, 0.5) is 0 Å². The molecule has 3 rings (SSSR count). The van der Waals surface area contributed by atoms with Crippen molar-refractivity contribution in [3.8, 4) is 0 Å². The minimum atomic E-state index is -4.61. The van der Waals surface area contributed by atoms with Crippen molar-refractivity contribution in [3.63, 3.8) is 0 Å². The van der Waals surface area contributed by atoms with E-state index in [1.54, 1.807) is 18.2 Å². The summed E-state index contributed by atoms with van der Waals surface area (Å²) in [5.74, 6) is 0. The number of hydrogen-bond acceptors (Lipinski definition) is 3. The van der Waals surface area contributed by atoms with Crippen molar-refractivity contribution in [1.29, 1.82) is 0 Å². The average molecular weight is 299 g/mol. The van der Waals surface area contributed by atoms with Crippen LogP contribution < -0.4 is 18.9 Å². The third-order valence-electron chi connectivity index (χ3n) is 3.08. The molecule has 0 N–H and O–H groups in total. The topological polar surface area (TPSA) is 57.2 Å². The molecule has 0 bridgehead atoms. The van der Waals surface area contributed by atoms with Gasteiger partial charge in [-0.15, -0.1) is 0 Å². The Hall–Kier alpha value is -1.02. The summed E-state index contributed by atoms with van der Waals surface area (Å²) >= 11 is 5.86. The first-order chi connectivity index (χ1) is 8.98. The summed E-state index contributed by atoms with van der Waals surface area (Å²) in [6.07, 6.45) is 0. The van der Waals surface area contributed by atoms with Crippen molar-refractivity contribution < 1.29 is 31.8 Å². The Morgan fingerprint density at radius 3 is 2.20 bits per heavy atom. The molecule has 0 fully saturated rings. The molecule has 0 aliphatic rings. The predicted molar refractivity (Wildman–Crippen MR) is 74.4 cm³/mol. The van der Waals surface area contributed by atoms with E-state index >= 15 is 0 Å². The molecule has 0 amide bonds. The molecule has 0 aromatic heterocycles. The van der Waals surface area contributed by atoms with Gasteiger partial charge in [0.15, 0.2) is 0 Å². The molecule has 0 saturated carbocycles. The Kier molecular flexibility index (Phi) is 4.15. The predicted octanol–water partition coefficient (Wildman–Crippen LogP) is 0.555. The van der Waals surface area contributed by atoms with E-state index in [1.165, 1.54) is 6.07 Å². The first kappa shape index (κ1) is 15.4. The SMILES string of the molecule is O=S(=O)([O-])c1c(Cl)ccc2c1ccc1ccccc12.[Li+]. The van der Waals surface area contributed by atoms with E-state index in [0.29, 0.717) is 10.8 Å². The number of hydrogen-bond donors (Lipinski definition) is 0. The smallest absolute Gasteiger partial charge is 0.744 e. The Balaban J connectivity index is 0.00000147. The van der Waals surface area contributed by atoms with Crippen molar-refractivity contribution in [3.05, 3.63) is 53.6 Å². The maximum absolute atomic E-state index is 11.4. The van der Waals surface area contributed by atoms with E-state index in [2.05, 4.69) is 0 Å². The van der Waals surface area contributed by atoms with E-state index in [0.717, 1.165) is 10.8 Å². The average Bonchev–Trinajstić information content (AvgIpc) is 2.36. The van der Waals surface area contributed by atoms with Gasteiger partial charge in [0.2, 0.25) is 0 Å². The van der Waals surface area contributed by atoms with Gasteiger partial charge in [0.1, 0.15) is 10.1 Å². The normalized spacial score (nSPS) is 11.5. The second kappa shape index (κ2) is 5.40. The van der Waals surface area contributed by atoms with Crippen LogP contribution in [0.5, 0.6) is 0 Å². The van der Waals surface area contributed by atoms with E-state index in [1.807, 2.05) is 24.3 Å². The first-order valence-corrected chi connectivity index (χ1v) is 7.33. The van der Waals surface area contributed by atoms with E-state index < -0.39 is 10.1 Å². The van der Waals surface area contributed by atoms with Crippen LogP contribution in [-0.4, -0.2) is 13.0 Å². The van der Waals surface area contributed by atoms with Crippen LogP contribution in [0, 0.1) is 0 Å². The van der Waals surface area contributed by atoms with Crippen LogP contribution in [0.25, 0.3) is 21.5 Å². The van der Waals surface area contributed by atoms with Crippen molar-refractivity contribution in [2.24, 2.45) is 0 Å². The molecule has 6 heteroatoms. The van der Waals surface area contributed by atoms with Crippen LogP contribution in [0.15, 0.2) is 53.4 Å². The summed E-state index contributed by atoms with van der Waals surface area (Å²) in [4.78, 5) is -0.350. The third kappa shape index (κ3) is 2.46. The van der Waals surface area contributed by atoms with Crippen molar-refractivity contribution >= 4 is 43.3 Å². The minimum absolute atomic E-state index is 0. The molecule has 0 heterocycles. The van der Waals surface area contributed by atoms with Crippen molar-refractivity contribution in [1.82, 2.24) is 0 Å². The molecule has 0 atom stereocenters. The molecule has 0 radical (unpaired) electrons. The van der Waals surface area contributed by atoms with Gasteiger partial charge >= 0.3 is 18.9 Å². The summed E-state index contributed by atoms with van der Waals surface area (Å²) in [5, 5.41) is 2.89. The zero-order valence-corrected chi connectivity index (χ0v) is 12.2. The maximum Gasteiger partial charge on any atom is 1.00 e. The molecule has 3 nitrogen and oxygen atoms in total. The fourth-order valence-electron chi connectivity index (χ4n) is 2.29. The van der Waals surface area contributed by atoms with E-state index in [9.17, 15) is 13.0 Å². The van der Waals surface area contributed by atoms with Gasteiger partial charge in [-0.3, -0.25) is 0 Å². The van der Waals surface area contributed by atoms with Gasteiger partial charge in [0.25, 0.3) is 0 Å². The maximum atomic E-state index is 11.4. The molecule has 3 aromatic carbocycles. The van der Waals surface area contributed by atoms with Gasteiger partial charge < -0.3 is 4.55 Å². The van der Waals surface area contributed by atoms with Gasteiger partial charge in [0, 0.05) is 5.39 Å². The molecule has 0 unspecified atom stereocenters. The van der Waals surface area contributed by atoms with Gasteiger partial charge in [-0.25, -0.2) is 8.42 Å². The quantitative estimate of drug-likeness (QED) is 0.375. The Bertz CT molecular complexity index is 907. The van der Waals surface area contributed by atoms with E-state index in [-0.39, 0.29) is 28.8 Å². The number of halogens is 1. The largest absolute Gasteiger partial charge is 1.00 e. The van der Waals surface area contributed by atoms with Crippen LogP contribution in [-0.2, 0) is 10.1 Å². The summed E-state index contributed by atoms with van der Waals surface area (Å²) in [5.41, 5.74) is 0. The summed E-state index contributed by atoms with van der Waals surface area (Å²) < 4.78 is 34.1. The molecule has 0 aliphatic carbocycles.